The molecular formula is C15H31NS. The lowest BCUT2D eigenvalue weighted by molar-refractivity contribution is 0.635. The molecule has 0 aliphatic carbocycles. The Morgan fingerprint density at radius 1 is 0.765 bits per heavy atom. The molecule has 0 spiro atoms. The minimum atomic E-state index is 0.984. The summed E-state index contributed by atoms with van der Waals surface area (Å²) in [7, 11) is 0. The Morgan fingerprint density at radius 2 is 1.29 bits per heavy atom. The fourth-order valence-electron chi connectivity index (χ4n) is 1.89. The third-order valence-electron chi connectivity index (χ3n) is 3.06. The molecule has 0 atom stereocenters. The lowest BCUT2D eigenvalue weighted by Crippen LogP contribution is -1.92. The van der Waals surface area contributed by atoms with Crippen LogP contribution in [0.4, 0.5) is 0 Å². The molecule has 0 fully saturated rings. The molecule has 0 unspecified atom stereocenters. The Labute approximate surface area is 114 Å². The zero-order chi connectivity index (χ0) is 12.8. The summed E-state index contributed by atoms with van der Waals surface area (Å²) in [4.78, 5) is 4.52. The first-order valence-corrected chi connectivity index (χ1v) is 7.98. The van der Waals surface area contributed by atoms with Crippen LogP contribution in [-0.4, -0.2) is 11.6 Å². The van der Waals surface area contributed by atoms with Gasteiger partial charge in [0.25, 0.3) is 0 Å². The van der Waals surface area contributed by atoms with Gasteiger partial charge in [-0.1, -0.05) is 65.2 Å². The van der Waals surface area contributed by atoms with E-state index in [2.05, 4.69) is 31.5 Å². The molecule has 0 heterocycles. The van der Waals surface area contributed by atoms with Gasteiger partial charge in [0.1, 0.15) is 0 Å². The molecule has 0 amide bonds. The average Bonchev–Trinajstić information content (AvgIpc) is 2.33. The Bertz CT molecular complexity index is 178. The van der Waals surface area contributed by atoms with E-state index in [0.717, 1.165) is 18.0 Å². The molecule has 0 rings (SSSR count). The molecule has 102 valence electrons. The molecule has 0 saturated heterocycles. The number of aliphatic imine (C=N–C) groups is 1. The molecular weight excluding hydrogens is 226 g/mol. The SMILES string of the molecule is CCCCCCC/N=C(\S)CCCCCCC. The molecule has 0 bridgehead atoms. The van der Waals surface area contributed by atoms with E-state index >= 15 is 0 Å². The highest BCUT2D eigenvalue weighted by molar-refractivity contribution is 7.97. The fraction of sp³-hybridized carbons (Fsp3) is 0.933. The summed E-state index contributed by atoms with van der Waals surface area (Å²) < 4.78 is 0. The predicted octanol–water partition coefficient (Wildman–Crippen LogP) is 5.65. The lowest BCUT2D eigenvalue weighted by atomic mass is 10.1. The maximum absolute atomic E-state index is 4.52. The summed E-state index contributed by atoms with van der Waals surface area (Å²) in [6.45, 7) is 5.49. The molecule has 0 N–H and O–H groups in total. The number of hydrogen-bond donors (Lipinski definition) is 1. The van der Waals surface area contributed by atoms with Crippen molar-refractivity contribution in [2.75, 3.05) is 6.54 Å². The molecule has 2 heteroatoms. The summed E-state index contributed by atoms with van der Waals surface area (Å²) >= 11 is 4.45. The summed E-state index contributed by atoms with van der Waals surface area (Å²) in [5, 5.41) is 1.07. The Morgan fingerprint density at radius 3 is 1.88 bits per heavy atom. The third kappa shape index (κ3) is 14.0. The smallest absolute Gasteiger partial charge is 0.0645 e. The highest BCUT2D eigenvalue weighted by Gasteiger charge is 1.94. The van der Waals surface area contributed by atoms with Crippen molar-refractivity contribution < 1.29 is 0 Å². The first kappa shape index (κ1) is 17.0. The number of thiol groups is 1. The topological polar surface area (TPSA) is 12.4 Å². The van der Waals surface area contributed by atoms with E-state index < -0.39 is 0 Å². The third-order valence-corrected chi connectivity index (χ3v) is 3.42. The Balaban J connectivity index is 3.26. The van der Waals surface area contributed by atoms with Gasteiger partial charge in [-0.25, -0.2) is 0 Å². The van der Waals surface area contributed by atoms with Crippen LogP contribution in [0.2, 0.25) is 0 Å². The normalized spacial score (nSPS) is 12.1. The van der Waals surface area contributed by atoms with E-state index in [-0.39, 0.29) is 0 Å². The number of nitrogens with zero attached hydrogens (tertiary/aromatic N) is 1. The van der Waals surface area contributed by atoms with E-state index in [4.69, 9.17) is 0 Å². The lowest BCUT2D eigenvalue weighted by Gasteiger charge is -2.01. The van der Waals surface area contributed by atoms with Crippen LogP contribution in [0.25, 0.3) is 0 Å². The summed E-state index contributed by atoms with van der Waals surface area (Å²) in [5.74, 6) is 0. The maximum atomic E-state index is 4.52. The predicted molar refractivity (Wildman–Crippen MR) is 83.4 cm³/mol. The second-order valence-electron chi connectivity index (χ2n) is 4.88. The summed E-state index contributed by atoms with van der Waals surface area (Å²) in [6, 6.07) is 0. The van der Waals surface area contributed by atoms with Gasteiger partial charge in [0.05, 0.1) is 5.04 Å². The maximum Gasteiger partial charge on any atom is 0.0645 e. The van der Waals surface area contributed by atoms with E-state index in [1.54, 1.807) is 0 Å². The molecule has 0 aromatic rings. The van der Waals surface area contributed by atoms with Crippen LogP contribution in [0.3, 0.4) is 0 Å². The summed E-state index contributed by atoms with van der Waals surface area (Å²) in [6.07, 6.45) is 14.4. The van der Waals surface area contributed by atoms with Crippen molar-refractivity contribution in [1.82, 2.24) is 0 Å². The van der Waals surface area contributed by atoms with E-state index in [9.17, 15) is 0 Å². The van der Waals surface area contributed by atoms with Crippen LogP contribution in [0.5, 0.6) is 0 Å². The largest absolute Gasteiger partial charge is 0.283 e. The number of hydrogen-bond acceptors (Lipinski definition) is 1. The fourth-order valence-corrected chi connectivity index (χ4v) is 2.15. The molecule has 0 aliphatic rings. The van der Waals surface area contributed by atoms with E-state index in [1.165, 1.54) is 64.2 Å². The van der Waals surface area contributed by atoms with Crippen molar-refractivity contribution in [3.05, 3.63) is 0 Å². The molecule has 0 aromatic carbocycles. The molecule has 0 aliphatic heterocycles. The second-order valence-corrected chi connectivity index (χ2v) is 5.39. The highest BCUT2D eigenvalue weighted by atomic mass is 32.1. The quantitative estimate of drug-likeness (QED) is 0.201. The van der Waals surface area contributed by atoms with Crippen LogP contribution in [0.1, 0.15) is 84.5 Å². The van der Waals surface area contributed by atoms with Gasteiger partial charge in [0.15, 0.2) is 0 Å². The molecule has 0 saturated carbocycles. The van der Waals surface area contributed by atoms with Gasteiger partial charge >= 0.3 is 0 Å². The van der Waals surface area contributed by atoms with Gasteiger partial charge in [-0.05, 0) is 19.3 Å². The van der Waals surface area contributed by atoms with E-state index in [0.29, 0.717) is 0 Å². The van der Waals surface area contributed by atoms with Gasteiger partial charge in [0, 0.05) is 6.54 Å². The van der Waals surface area contributed by atoms with Crippen molar-refractivity contribution in [1.29, 1.82) is 0 Å². The standard InChI is InChI=1S/C15H31NS/c1-3-5-7-9-11-13-15(17)16-14-12-10-8-6-4-2/h3-14H2,1-2H3,(H,16,17). The van der Waals surface area contributed by atoms with Crippen LogP contribution in [-0.2, 0) is 0 Å². The van der Waals surface area contributed by atoms with Crippen LogP contribution in [0, 0.1) is 0 Å². The number of unbranched alkanes of at least 4 members (excludes halogenated alkanes) is 8. The molecule has 0 radical (unpaired) electrons. The molecule has 1 nitrogen and oxygen atoms in total. The van der Waals surface area contributed by atoms with Crippen LogP contribution < -0.4 is 0 Å². The monoisotopic (exact) mass is 257 g/mol. The van der Waals surface area contributed by atoms with Crippen molar-refractivity contribution in [2.24, 2.45) is 4.99 Å². The first-order chi connectivity index (χ1) is 8.31. The highest BCUT2D eigenvalue weighted by Crippen LogP contribution is 2.08. The van der Waals surface area contributed by atoms with Gasteiger partial charge in [-0.2, -0.15) is 0 Å². The minimum Gasteiger partial charge on any atom is -0.283 e. The Hall–Kier alpha value is 0.0200. The van der Waals surface area contributed by atoms with Crippen molar-refractivity contribution in [3.8, 4) is 0 Å². The van der Waals surface area contributed by atoms with Crippen molar-refractivity contribution >= 4 is 17.7 Å². The van der Waals surface area contributed by atoms with E-state index in [1.807, 2.05) is 0 Å². The number of rotatable bonds is 12. The zero-order valence-electron chi connectivity index (χ0n) is 11.9. The molecule has 0 aromatic heterocycles. The van der Waals surface area contributed by atoms with Crippen molar-refractivity contribution in [3.63, 3.8) is 0 Å². The summed E-state index contributed by atoms with van der Waals surface area (Å²) in [5.41, 5.74) is 0. The van der Waals surface area contributed by atoms with Gasteiger partial charge < -0.3 is 0 Å². The average molecular weight is 257 g/mol. The first-order valence-electron chi connectivity index (χ1n) is 7.53. The van der Waals surface area contributed by atoms with Gasteiger partial charge in [0.2, 0.25) is 0 Å². The van der Waals surface area contributed by atoms with Crippen molar-refractivity contribution in [2.45, 2.75) is 84.5 Å². The van der Waals surface area contributed by atoms with Crippen LogP contribution in [0.15, 0.2) is 4.99 Å². The van der Waals surface area contributed by atoms with Crippen LogP contribution >= 0.6 is 12.6 Å². The zero-order valence-corrected chi connectivity index (χ0v) is 12.8. The molecule has 17 heavy (non-hydrogen) atoms. The second kappa shape index (κ2) is 14.1. The van der Waals surface area contributed by atoms with Gasteiger partial charge in [-0.15, -0.1) is 12.6 Å². The minimum absolute atomic E-state index is 0.984. The van der Waals surface area contributed by atoms with Gasteiger partial charge in [-0.3, -0.25) is 4.99 Å². The Kier molecular flexibility index (Phi) is 14.1.